The van der Waals surface area contributed by atoms with Crippen LogP contribution in [-0.4, -0.2) is 18.0 Å². The SMILES string of the molecule is CN(Cc1cc(F)cc(Br)c1)C1CCCC1. The first kappa shape index (κ1) is 12.1. The summed E-state index contributed by atoms with van der Waals surface area (Å²) in [4.78, 5) is 2.34. The topological polar surface area (TPSA) is 3.24 Å². The predicted octanol–water partition coefficient (Wildman–Crippen LogP) is 3.96. The first-order chi connectivity index (χ1) is 7.65. The van der Waals surface area contributed by atoms with Crippen LogP contribution in [0.1, 0.15) is 31.2 Å². The van der Waals surface area contributed by atoms with Gasteiger partial charge in [-0.3, -0.25) is 4.90 Å². The Morgan fingerprint density at radius 3 is 2.62 bits per heavy atom. The fourth-order valence-corrected chi connectivity index (χ4v) is 2.98. The van der Waals surface area contributed by atoms with Crippen molar-refractivity contribution in [3.8, 4) is 0 Å². The van der Waals surface area contributed by atoms with Crippen LogP contribution >= 0.6 is 15.9 Å². The molecule has 0 saturated heterocycles. The van der Waals surface area contributed by atoms with Crippen molar-refractivity contribution in [3.63, 3.8) is 0 Å². The summed E-state index contributed by atoms with van der Waals surface area (Å²) in [7, 11) is 2.13. The van der Waals surface area contributed by atoms with Crippen LogP contribution in [-0.2, 0) is 6.54 Å². The number of rotatable bonds is 3. The third-order valence-electron chi connectivity index (χ3n) is 3.30. The highest BCUT2D eigenvalue weighted by molar-refractivity contribution is 9.10. The van der Waals surface area contributed by atoms with Crippen molar-refractivity contribution in [2.24, 2.45) is 0 Å². The smallest absolute Gasteiger partial charge is 0.124 e. The maximum Gasteiger partial charge on any atom is 0.124 e. The van der Waals surface area contributed by atoms with Gasteiger partial charge in [-0.25, -0.2) is 4.39 Å². The van der Waals surface area contributed by atoms with Crippen LogP contribution in [0.25, 0.3) is 0 Å². The summed E-state index contributed by atoms with van der Waals surface area (Å²) in [6.07, 6.45) is 5.24. The summed E-state index contributed by atoms with van der Waals surface area (Å²) in [6, 6.07) is 5.80. The van der Waals surface area contributed by atoms with Gasteiger partial charge in [0, 0.05) is 17.1 Å². The highest BCUT2D eigenvalue weighted by Crippen LogP contribution is 2.24. The Kier molecular flexibility index (Phi) is 3.98. The van der Waals surface area contributed by atoms with E-state index in [0.717, 1.165) is 16.6 Å². The Bertz CT molecular complexity index is 341. The van der Waals surface area contributed by atoms with Gasteiger partial charge >= 0.3 is 0 Å². The lowest BCUT2D eigenvalue weighted by atomic mass is 10.1. The molecule has 0 atom stereocenters. The molecule has 0 N–H and O–H groups in total. The number of nitrogens with zero attached hydrogens (tertiary/aromatic N) is 1. The summed E-state index contributed by atoms with van der Waals surface area (Å²) in [5.74, 6) is -0.163. The average Bonchev–Trinajstić information content (AvgIpc) is 2.68. The molecule has 1 aliphatic carbocycles. The van der Waals surface area contributed by atoms with Crippen molar-refractivity contribution < 1.29 is 4.39 Å². The van der Waals surface area contributed by atoms with E-state index in [4.69, 9.17) is 0 Å². The fraction of sp³-hybridized carbons (Fsp3) is 0.538. The molecule has 1 aromatic rings. The van der Waals surface area contributed by atoms with Crippen molar-refractivity contribution in [3.05, 3.63) is 34.1 Å². The van der Waals surface area contributed by atoms with Crippen LogP contribution in [0.5, 0.6) is 0 Å². The lowest BCUT2D eigenvalue weighted by Crippen LogP contribution is -2.28. The van der Waals surface area contributed by atoms with E-state index in [9.17, 15) is 4.39 Å². The number of benzene rings is 1. The average molecular weight is 286 g/mol. The van der Waals surface area contributed by atoms with Crippen LogP contribution in [0.4, 0.5) is 4.39 Å². The second-order valence-electron chi connectivity index (χ2n) is 4.63. The van der Waals surface area contributed by atoms with Crippen molar-refractivity contribution in [2.45, 2.75) is 38.3 Å². The molecule has 0 bridgehead atoms. The maximum absolute atomic E-state index is 13.2. The third-order valence-corrected chi connectivity index (χ3v) is 3.76. The van der Waals surface area contributed by atoms with Crippen molar-refractivity contribution in [1.82, 2.24) is 4.90 Å². The van der Waals surface area contributed by atoms with Crippen LogP contribution in [0.3, 0.4) is 0 Å². The van der Waals surface area contributed by atoms with Gasteiger partial charge in [0.1, 0.15) is 5.82 Å². The molecule has 0 spiro atoms. The van der Waals surface area contributed by atoms with Gasteiger partial charge in [0.2, 0.25) is 0 Å². The van der Waals surface area contributed by atoms with Gasteiger partial charge in [0.15, 0.2) is 0 Å². The second-order valence-corrected chi connectivity index (χ2v) is 5.55. The zero-order valence-electron chi connectivity index (χ0n) is 9.55. The van der Waals surface area contributed by atoms with Gasteiger partial charge in [0.25, 0.3) is 0 Å². The van der Waals surface area contributed by atoms with E-state index in [-0.39, 0.29) is 5.82 Å². The lowest BCUT2D eigenvalue weighted by Gasteiger charge is -2.24. The molecule has 0 unspecified atom stereocenters. The summed E-state index contributed by atoms with van der Waals surface area (Å²) in [5, 5.41) is 0. The standard InChI is InChI=1S/C13H17BrFN/c1-16(13-4-2-3-5-13)9-10-6-11(14)8-12(15)7-10/h6-8,13H,2-5,9H2,1H3. The van der Waals surface area contributed by atoms with Gasteiger partial charge in [0.05, 0.1) is 0 Å². The van der Waals surface area contributed by atoms with Gasteiger partial charge < -0.3 is 0 Å². The Balaban J connectivity index is 2.02. The van der Waals surface area contributed by atoms with Crippen LogP contribution in [0.2, 0.25) is 0 Å². The molecule has 1 nitrogen and oxygen atoms in total. The van der Waals surface area contributed by atoms with E-state index in [1.165, 1.54) is 31.7 Å². The van der Waals surface area contributed by atoms with Crippen molar-refractivity contribution >= 4 is 15.9 Å². The van der Waals surface area contributed by atoms with Crippen LogP contribution < -0.4 is 0 Å². The monoisotopic (exact) mass is 285 g/mol. The van der Waals surface area contributed by atoms with Crippen molar-refractivity contribution in [2.75, 3.05) is 7.05 Å². The number of hydrogen-bond acceptors (Lipinski definition) is 1. The van der Waals surface area contributed by atoms with E-state index >= 15 is 0 Å². The zero-order chi connectivity index (χ0) is 11.5. The largest absolute Gasteiger partial charge is 0.299 e. The maximum atomic E-state index is 13.2. The minimum atomic E-state index is -0.163. The molecule has 0 amide bonds. The zero-order valence-corrected chi connectivity index (χ0v) is 11.1. The van der Waals surface area contributed by atoms with Crippen LogP contribution in [0, 0.1) is 5.82 Å². The number of halogens is 2. The molecule has 1 aromatic carbocycles. The number of hydrogen-bond donors (Lipinski definition) is 0. The van der Waals surface area contributed by atoms with E-state index < -0.39 is 0 Å². The summed E-state index contributed by atoms with van der Waals surface area (Å²) < 4.78 is 14.0. The fourth-order valence-electron chi connectivity index (χ4n) is 2.46. The summed E-state index contributed by atoms with van der Waals surface area (Å²) >= 11 is 3.33. The first-order valence-electron chi connectivity index (χ1n) is 5.80. The summed E-state index contributed by atoms with van der Waals surface area (Å²) in [6.45, 7) is 0.834. The first-order valence-corrected chi connectivity index (χ1v) is 6.59. The second kappa shape index (κ2) is 5.28. The normalized spacial score (nSPS) is 17.2. The Morgan fingerprint density at radius 2 is 2.00 bits per heavy atom. The molecule has 1 saturated carbocycles. The molecule has 0 radical (unpaired) electrons. The van der Waals surface area contributed by atoms with Crippen molar-refractivity contribution in [1.29, 1.82) is 0 Å². The third kappa shape index (κ3) is 3.05. The minimum absolute atomic E-state index is 0.163. The molecule has 0 aromatic heterocycles. The quantitative estimate of drug-likeness (QED) is 0.813. The van der Waals surface area contributed by atoms with Gasteiger partial charge in [-0.1, -0.05) is 28.8 Å². The highest BCUT2D eigenvalue weighted by atomic mass is 79.9. The van der Waals surface area contributed by atoms with E-state index in [1.807, 2.05) is 6.07 Å². The Morgan fingerprint density at radius 1 is 1.31 bits per heavy atom. The molecular weight excluding hydrogens is 269 g/mol. The Labute approximate surface area is 105 Å². The summed E-state index contributed by atoms with van der Waals surface area (Å²) in [5.41, 5.74) is 1.04. The lowest BCUT2D eigenvalue weighted by molar-refractivity contribution is 0.237. The van der Waals surface area contributed by atoms with E-state index in [2.05, 4.69) is 27.9 Å². The molecule has 1 aliphatic rings. The predicted molar refractivity (Wildman–Crippen MR) is 67.8 cm³/mol. The molecule has 1 fully saturated rings. The van der Waals surface area contributed by atoms with Gasteiger partial charge in [-0.05, 0) is 43.7 Å². The van der Waals surface area contributed by atoms with E-state index in [1.54, 1.807) is 6.07 Å². The Hall–Kier alpha value is -0.410. The van der Waals surface area contributed by atoms with Gasteiger partial charge in [-0.2, -0.15) is 0 Å². The van der Waals surface area contributed by atoms with E-state index in [0.29, 0.717) is 6.04 Å². The molecule has 16 heavy (non-hydrogen) atoms. The molecular formula is C13H17BrFN. The molecule has 3 heteroatoms. The molecule has 0 aliphatic heterocycles. The van der Waals surface area contributed by atoms with Crippen LogP contribution in [0.15, 0.2) is 22.7 Å². The highest BCUT2D eigenvalue weighted by Gasteiger charge is 2.19. The van der Waals surface area contributed by atoms with Gasteiger partial charge in [-0.15, -0.1) is 0 Å². The minimum Gasteiger partial charge on any atom is -0.299 e. The molecule has 2 rings (SSSR count). The molecule has 88 valence electrons. The molecule has 0 heterocycles.